The number of morpholine rings is 1. The van der Waals surface area contributed by atoms with E-state index in [0.29, 0.717) is 12.1 Å². The maximum absolute atomic E-state index is 6.04. The van der Waals surface area contributed by atoms with Crippen molar-refractivity contribution in [2.75, 3.05) is 33.3 Å². The lowest BCUT2D eigenvalue weighted by Crippen LogP contribution is -2.52. The van der Waals surface area contributed by atoms with Crippen LogP contribution in [-0.4, -0.2) is 50.3 Å². The lowest BCUT2D eigenvalue weighted by Gasteiger charge is -2.36. The zero-order chi connectivity index (χ0) is 13.9. The van der Waals surface area contributed by atoms with E-state index < -0.39 is 0 Å². The Labute approximate surface area is 122 Å². The largest absolute Gasteiger partial charge is 0.374 e. The van der Waals surface area contributed by atoms with Gasteiger partial charge in [-0.3, -0.25) is 0 Å². The molecule has 1 aromatic carbocycles. The Kier molecular flexibility index (Phi) is 4.39. The maximum Gasteiger partial charge on any atom is 0.0858 e. The zero-order valence-electron chi connectivity index (χ0n) is 12.6. The first-order valence-corrected chi connectivity index (χ1v) is 7.88. The molecule has 2 fully saturated rings. The van der Waals surface area contributed by atoms with Gasteiger partial charge in [0, 0.05) is 19.1 Å². The van der Waals surface area contributed by atoms with Crippen LogP contribution in [0.15, 0.2) is 30.3 Å². The number of ether oxygens (including phenoxy) is 1. The number of likely N-dealkylation sites (N-methyl/N-ethyl adjacent to an activating group) is 2. The van der Waals surface area contributed by atoms with E-state index in [1.807, 2.05) is 0 Å². The van der Waals surface area contributed by atoms with Crippen LogP contribution < -0.4 is 5.32 Å². The molecule has 20 heavy (non-hydrogen) atoms. The van der Waals surface area contributed by atoms with Gasteiger partial charge < -0.3 is 15.0 Å². The normalized spacial score (nSPS) is 32.0. The van der Waals surface area contributed by atoms with E-state index in [1.165, 1.54) is 12.0 Å². The van der Waals surface area contributed by atoms with Gasteiger partial charge in [0.2, 0.25) is 0 Å². The fraction of sp³-hybridized carbons (Fsp3) is 0.647. The summed E-state index contributed by atoms with van der Waals surface area (Å²) in [4.78, 5) is 2.39. The minimum atomic E-state index is 0.340. The number of hydrogen-bond acceptors (Lipinski definition) is 3. The minimum Gasteiger partial charge on any atom is -0.374 e. The second kappa shape index (κ2) is 6.25. The van der Waals surface area contributed by atoms with E-state index in [4.69, 9.17) is 4.74 Å². The number of nitrogens with one attached hydrogen (secondary N) is 1. The molecule has 2 aliphatic rings. The number of benzene rings is 1. The van der Waals surface area contributed by atoms with Crippen molar-refractivity contribution in [2.24, 2.45) is 5.92 Å². The van der Waals surface area contributed by atoms with E-state index in [2.05, 4.69) is 54.5 Å². The van der Waals surface area contributed by atoms with Crippen LogP contribution in [0.4, 0.5) is 0 Å². The van der Waals surface area contributed by atoms with Crippen LogP contribution in [-0.2, 0) is 4.74 Å². The van der Waals surface area contributed by atoms with Crippen molar-refractivity contribution in [3.8, 4) is 0 Å². The molecular formula is C17H26N2O. The third-order valence-electron chi connectivity index (χ3n) is 4.67. The van der Waals surface area contributed by atoms with E-state index >= 15 is 0 Å². The fourth-order valence-corrected chi connectivity index (χ4v) is 3.52. The van der Waals surface area contributed by atoms with E-state index in [0.717, 1.165) is 38.1 Å². The van der Waals surface area contributed by atoms with Gasteiger partial charge in [0.25, 0.3) is 0 Å². The smallest absolute Gasteiger partial charge is 0.0858 e. The van der Waals surface area contributed by atoms with Crippen molar-refractivity contribution in [3.05, 3.63) is 35.9 Å². The van der Waals surface area contributed by atoms with Crippen molar-refractivity contribution in [2.45, 2.75) is 31.4 Å². The van der Waals surface area contributed by atoms with Crippen LogP contribution >= 0.6 is 0 Å². The topological polar surface area (TPSA) is 24.5 Å². The first kappa shape index (κ1) is 14.1. The first-order chi connectivity index (χ1) is 9.79. The van der Waals surface area contributed by atoms with Gasteiger partial charge in [0.15, 0.2) is 0 Å². The zero-order valence-corrected chi connectivity index (χ0v) is 12.6. The monoisotopic (exact) mass is 274 g/mol. The second-order valence-electron chi connectivity index (χ2n) is 6.17. The molecule has 0 amide bonds. The Morgan fingerprint density at radius 1 is 1.35 bits per heavy atom. The van der Waals surface area contributed by atoms with E-state index in [-0.39, 0.29) is 0 Å². The standard InChI is InChI=1S/C17H26N2O/c1-3-18-17(16-12-19(2)9-10-20-16)15-11-14(15)13-7-5-4-6-8-13/h4-8,14-18H,3,9-12H2,1-2H3. The highest BCUT2D eigenvalue weighted by Gasteiger charge is 2.47. The number of rotatable bonds is 5. The molecule has 3 heteroatoms. The highest BCUT2D eigenvalue weighted by molar-refractivity contribution is 5.27. The molecule has 0 spiro atoms. The van der Waals surface area contributed by atoms with Crippen molar-refractivity contribution in [1.29, 1.82) is 0 Å². The summed E-state index contributed by atoms with van der Waals surface area (Å²) in [5, 5.41) is 3.68. The average molecular weight is 274 g/mol. The number of nitrogens with zero attached hydrogens (tertiary/aromatic N) is 1. The Hall–Kier alpha value is -0.900. The summed E-state index contributed by atoms with van der Waals surface area (Å²) >= 11 is 0. The van der Waals surface area contributed by atoms with Gasteiger partial charge in [-0.15, -0.1) is 0 Å². The summed E-state index contributed by atoms with van der Waals surface area (Å²) < 4.78 is 6.04. The van der Waals surface area contributed by atoms with Gasteiger partial charge in [-0.1, -0.05) is 37.3 Å². The first-order valence-electron chi connectivity index (χ1n) is 7.88. The lowest BCUT2D eigenvalue weighted by molar-refractivity contribution is -0.0425. The molecule has 1 saturated heterocycles. The molecule has 0 radical (unpaired) electrons. The molecule has 3 nitrogen and oxygen atoms in total. The van der Waals surface area contributed by atoms with Gasteiger partial charge in [-0.05, 0) is 37.4 Å². The maximum atomic E-state index is 6.04. The van der Waals surface area contributed by atoms with Gasteiger partial charge in [0.1, 0.15) is 0 Å². The van der Waals surface area contributed by atoms with Crippen LogP contribution in [0.25, 0.3) is 0 Å². The summed E-state index contributed by atoms with van der Waals surface area (Å²) in [6.45, 7) is 6.19. The summed E-state index contributed by atoms with van der Waals surface area (Å²) in [6, 6.07) is 11.4. The molecule has 0 aromatic heterocycles. The van der Waals surface area contributed by atoms with Crippen LogP contribution in [0.2, 0.25) is 0 Å². The SMILES string of the molecule is CCNC(C1CN(C)CCO1)C1CC1c1ccccc1. The summed E-state index contributed by atoms with van der Waals surface area (Å²) in [5.74, 6) is 1.45. The van der Waals surface area contributed by atoms with E-state index in [1.54, 1.807) is 0 Å². The molecule has 4 atom stereocenters. The van der Waals surface area contributed by atoms with Crippen molar-refractivity contribution in [1.82, 2.24) is 10.2 Å². The molecule has 1 N–H and O–H groups in total. The van der Waals surface area contributed by atoms with Gasteiger partial charge in [0.05, 0.1) is 12.7 Å². The fourth-order valence-electron chi connectivity index (χ4n) is 3.52. The Morgan fingerprint density at radius 2 is 2.15 bits per heavy atom. The predicted octanol–water partition coefficient (Wildman–Crippen LogP) is 2.10. The third kappa shape index (κ3) is 3.05. The van der Waals surface area contributed by atoms with Gasteiger partial charge >= 0.3 is 0 Å². The quantitative estimate of drug-likeness (QED) is 0.890. The third-order valence-corrected chi connectivity index (χ3v) is 4.67. The minimum absolute atomic E-state index is 0.340. The van der Waals surface area contributed by atoms with Crippen LogP contribution in [0.5, 0.6) is 0 Å². The molecule has 1 saturated carbocycles. The molecule has 3 rings (SSSR count). The molecule has 4 unspecified atom stereocenters. The highest BCUT2D eigenvalue weighted by atomic mass is 16.5. The van der Waals surface area contributed by atoms with Crippen LogP contribution in [0.1, 0.15) is 24.8 Å². The molecule has 1 aromatic rings. The number of hydrogen-bond donors (Lipinski definition) is 1. The summed E-state index contributed by atoms with van der Waals surface area (Å²) in [5.41, 5.74) is 1.49. The molecular weight excluding hydrogens is 248 g/mol. The second-order valence-corrected chi connectivity index (χ2v) is 6.17. The van der Waals surface area contributed by atoms with Crippen molar-refractivity contribution in [3.63, 3.8) is 0 Å². The Morgan fingerprint density at radius 3 is 2.85 bits per heavy atom. The predicted molar refractivity (Wildman–Crippen MR) is 82.0 cm³/mol. The van der Waals surface area contributed by atoms with E-state index in [9.17, 15) is 0 Å². The molecule has 0 bridgehead atoms. The highest BCUT2D eigenvalue weighted by Crippen LogP contribution is 2.50. The molecule has 1 heterocycles. The molecule has 1 aliphatic heterocycles. The lowest BCUT2D eigenvalue weighted by atomic mass is 10.00. The molecule has 1 aliphatic carbocycles. The average Bonchev–Trinajstić information content (AvgIpc) is 3.26. The van der Waals surface area contributed by atoms with Gasteiger partial charge in [-0.25, -0.2) is 0 Å². The van der Waals surface area contributed by atoms with Crippen LogP contribution in [0.3, 0.4) is 0 Å². The Bertz CT molecular complexity index is 422. The summed E-state index contributed by atoms with van der Waals surface area (Å²) in [7, 11) is 2.19. The van der Waals surface area contributed by atoms with Crippen molar-refractivity contribution >= 4 is 0 Å². The molecule has 110 valence electrons. The Balaban J connectivity index is 1.66. The van der Waals surface area contributed by atoms with Crippen LogP contribution in [0, 0.1) is 5.92 Å². The van der Waals surface area contributed by atoms with Gasteiger partial charge in [-0.2, -0.15) is 0 Å². The summed E-state index contributed by atoms with van der Waals surface area (Å²) in [6.07, 6.45) is 1.64. The van der Waals surface area contributed by atoms with Crippen molar-refractivity contribution < 1.29 is 4.74 Å².